The third-order valence-corrected chi connectivity index (χ3v) is 4.32. The van der Waals surface area contributed by atoms with Gasteiger partial charge in [-0.1, -0.05) is 12.1 Å². The highest BCUT2D eigenvalue weighted by molar-refractivity contribution is 7.90. The molecule has 1 saturated heterocycles. The fraction of sp³-hybridized carbons (Fsp3) is 0.462. The first-order valence-electron chi connectivity index (χ1n) is 6.27. The summed E-state index contributed by atoms with van der Waals surface area (Å²) in [5.74, 6) is 0.00434. The third kappa shape index (κ3) is 3.78. The summed E-state index contributed by atoms with van der Waals surface area (Å²) < 4.78 is 22.6. The Labute approximate surface area is 113 Å². The number of nitrogens with one attached hydrogen (secondary N) is 2. The molecule has 0 radical (unpaired) electrons. The van der Waals surface area contributed by atoms with Crippen LogP contribution < -0.4 is 10.6 Å². The molecule has 1 aromatic rings. The van der Waals surface area contributed by atoms with E-state index in [9.17, 15) is 13.2 Å². The molecule has 1 aromatic carbocycles. The highest BCUT2D eigenvalue weighted by Gasteiger charge is 2.21. The van der Waals surface area contributed by atoms with E-state index in [0.29, 0.717) is 11.4 Å². The van der Waals surface area contributed by atoms with Crippen molar-refractivity contribution in [3.63, 3.8) is 0 Å². The van der Waals surface area contributed by atoms with Gasteiger partial charge in [-0.05, 0) is 37.1 Å². The molecule has 1 amide bonds. The first kappa shape index (κ1) is 14.0. The molecule has 104 valence electrons. The maximum Gasteiger partial charge on any atom is 0.237 e. The maximum absolute atomic E-state index is 11.8. The minimum absolute atomic E-state index is 0.00434. The predicted molar refractivity (Wildman–Crippen MR) is 72.4 cm³/mol. The summed E-state index contributed by atoms with van der Waals surface area (Å²) in [5, 5.41) is 5.98. The Kier molecular flexibility index (Phi) is 4.21. The normalized spacial score (nSPS) is 19.3. The summed E-state index contributed by atoms with van der Waals surface area (Å²) in [6.45, 7) is 1.31. The number of amides is 1. The van der Waals surface area contributed by atoms with Crippen LogP contribution in [-0.4, -0.2) is 33.2 Å². The Balaban J connectivity index is 1.91. The van der Waals surface area contributed by atoms with E-state index in [-0.39, 0.29) is 11.9 Å². The lowest BCUT2D eigenvalue weighted by Gasteiger charge is -2.11. The van der Waals surface area contributed by atoms with Gasteiger partial charge in [-0.15, -0.1) is 0 Å². The van der Waals surface area contributed by atoms with Crippen LogP contribution in [0, 0.1) is 0 Å². The molecule has 1 aliphatic rings. The quantitative estimate of drug-likeness (QED) is 0.841. The number of carbonyl (C=O) groups excluding carboxylic acids is 1. The molecule has 1 fully saturated rings. The Morgan fingerprint density at radius 3 is 2.58 bits per heavy atom. The number of sulfone groups is 1. The second kappa shape index (κ2) is 5.71. The smallest absolute Gasteiger partial charge is 0.237 e. The van der Waals surface area contributed by atoms with Gasteiger partial charge in [0.2, 0.25) is 5.91 Å². The molecular weight excluding hydrogens is 264 g/mol. The second-order valence-corrected chi connectivity index (χ2v) is 6.80. The average molecular weight is 282 g/mol. The van der Waals surface area contributed by atoms with Crippen LogP contribution >= 0.6 is 0 Å². The Morgan fingerprint density at radius 1 is 1.37 bits per heavy atom. The van der Waals surface area contributed by atoms with E-state index in [1.165, 1.54) is 6.26 Å². The Morgan fingerprint density at radius 2 is 2.05 bits per heavy atom. The monoisotopic (exact) mass is 282 g/mol. The number of hydrogen-bond acceptors (Lipinski definition) is 4. The van der Waals surface area contributed by atoms with Gasteiger partial charge in [-0.25, -0.2) is 8.42 Å². The molecular formula is C13H18N2O3S. The van der Waals surface area contributed by atoms with Crippen molar-refractivity contribution >= 4 is 15.7 Å². The standard InChI is InChI=1S/C13H18N2O3S/c1-19(17,18)11-6-4-10(5-7-11)9-15-13(16)12-3-2-8-14-12/h4-7,12,14H,2-3,8-9H2,1H3,(H,15,16). The highest BCUT2D eigenvalue weighted by atomic mass is 32.2. The van der Waals surface area contributed by atoms with E-state index in [4.69, 9.17) is 0 Å². The number of rotatable bonds is 4. The zero-order valence-corrected chi connectivity index (χ0v) is 11.7. The molecule has 0 aliphatic carbocycles. The molecule has 1 unspecified atom stereocenters. The van der Waals surface area contributed by atoms with Crippen molar-refractivity contribution in [3.05, 3.63) is 29.8 Å². The van der Waals surface area contributed by atoms with Crippen LogP contribution in [-0.2, 0) is 21.2 Å². The van der Waals surface area contributed by atoms with E-state index >= 15 is 0 Å². The number of carbonyl (C=O) groups is 1. The predicted octanol–water partition coefficient (Wildman–Crippen LogP) is 0.458. The van der Waals surface area contributed by atoms with Crippen LogP contribution in [0.15, 0.2) is 29.2 Å². The molecule has 19 heavy (non-hydrogen) atoms. The molecule has 1 heterocycles. The van der Waals surface area contributed by atoms with Gasteiger partial charge >= 0.3 is 0 Å². The van der Waals surface area contributed by atoms with Gasteiger partial charge in [-0.2, -0.15) is 0 Å². The SMILES string of the molecule is CS(=O)(=O)c1ccc(CNC(=O)C2CCCN2)cc1. The van der Waals surface area contributed by atoms with Gasteiger partial charge in [0, 0.05) is 12.8 Å². The molecule has 0 saturated carbocycles. The summed E-state index contributed by atoms with van der Waals surface area (Å²) in [6, 6.07) is 6.47. The van der Waals surface area contributed by atoms with Crippen molar-refractivity contribution in [1.29, 1.82) is 0 Å². The third-order valence-electron chi connectivity index (χ3n) is 3.20. The largest absolute Gasteiger partial charge is 0.351 e. The Hall–Kier alpha value is -1.40. The van der Waals surface area contributed by atoms with Gasteiger partial charge < -0.3 is 10.6 Å². The van der Waals surface area contributed by atoms with E-state index in [0.717, 1.165) is 24.9 Å². The molecule has 6 heteroatoms. The van der Waals surface area contributed by atoms with E-state index in [1.54, 1.807) is 24.3 Å². The molecule has 1 aliphatic heterocycles. The zero-order chi connectivity index (χ0) is 13.9. The van der Waals surface area contributed by atoms with E-state index in [1.807, 2.05) is 0 Å². The van der Waals surface area contributed by atoms with Crippen molar-refractivity contribution in [2.45, 2.75) is 30.3 Å². The minimum Gasteiger partial charge on any atom is -0.351 e. The summed E-state index contributed by atoms with van der Waals surface area (Å²) in [5.41, 5.74) is 0.888. The van der Waals surface area contributed by atoms with Crippen LogP contribution in [0.25, 0.3) is 0 Å². The highest BCUT2D eigenvalue weighted by Crippen LogP contribution is 2.10. The molecule has 0 bridgehead atoms. The molecule has 0 aromatic heterocycles. The van der Waals surface area contributed by atoms with Crippen LogP contribution in [0.3, 0.4) is 0 Å². The second-order valence-electron chi connectivity index (χ2n) is 4.78. The van der Waals surface area contributed by atoms with Gasteiger partial charge in [-0.3, -0.25) is 4.79 Å². The van der Waals surface area contributed by atoms with Crippen LogP contribution in [0.4, 0.5) is 0 Å². The molecule has 0 spiro atoms. The number of hydrogen-bond donors (Lipinski definition) is 2. The van der Waals surface area contributed by atoms with Crippen LogP contribution in [0.5, 0.6) is 0 Å². The van der Waals surface area contributed by atoms with Gasteiger partial charge in [0.15, 0.2) is 9.84 Å². The molecule has 5 nitrogen and oxygen atoms in total. The lowest BCUT2D eigenvalue weighted by Crippen LogP contribution is -2.39. The summed E-state index contributed by atoms with van der Waals surface area (Å²) in [4.78, 5) is 12.1. The molecule has 1 atom stereocenters. The first-order valence-corrected chi connectivity index (χ1v) is 8.16. The van der Waals surface area contributed by atoms with E-state index < -0.39 is 9.84 Å². The lowest BCUT2D eigenvalue weighted by molar-refractivity contribution is -0.122. The average Bonchev–Trinajstić information content (AvgIpc) is 2.89. The zero-order valence-electron chi connectivity index (χ0n) is 10.8. The minimum atomic E-state index is -3.16. The van der Waals surface area contributed by atoms with Gasteiger partial charge in [0.05, 0.1) is 10.9 Å². The molecule has 2 rings (SSSR count). The van der Waals surface area contributed by atoms with Crippen molar-refractivity contribution < 1.29 is 13.2 Å². The summed E-state index contributed by atoms with van der Waals surface area (Å²) in [6.07, 6.45) is 3.08. The molecule has 2 N–H and O–H groups in total. The fourth-order valence-electron chi connectivity index (χ4n) is 2.08. The first-order chi connectivity index (χ1) is 8.97. The lowest BCUT2D eigenvalue weighted by atomic mass is 10.2. The van der Waals surface area contributed by atoms with Crippen LogP contribution in [0.2, 0.25) is 0 Å². The number of benzene rings is 1. The topological polar surface area (TPSA) is 75.3 Å². The summed E-state index contributed by atoms with van der Waals surface area (Å²) in [7, 11) is -3.16. The summed E-state index contributed by atoms with van der Waals surface area (Å²) >= 11 is 0. The van der Waals surface area contributed by atoms with Crippen molar-refractivity contribution in [2.24, 2.45) is 0 Å². The van der Waals surface area contributed by atoms with E-state index in [2.05, 4.69) is 10.6 Å². The van der Waals surface area contributed by atoms with Gasteiger partial charge in [0.25, 0.3) is 0 Å². The van der Waals surface area contributed by atoms with Gasteiger partial charge in [0.1, 0.15) is 0 Å². The van der Waals surface area contributed by atoms with Crippen molar-refractivity contribution in [2.75, 3.05) is 12.8 Å². The van der Waals surface area contributed by atoms with Crippen LogP contribution in [0.1, 0.15) is 18.4 Å². The van der Waals surface area contributed by atoms with Crippen molar-refractivity contribution in [3.8, 4) is 0 Å². The fourth-order valence-corrected chi connectivity index (χ4v) is 2.71. The maximum atomic E-state index is 11.8. The Bertz CT molecular complexity index is 546. The van der Waals surface area contributed by atoms with Crippen molar-refractivity contribution in [1.82, 2.24) is 10.6 Å².